The van der Waals surface area contributed by atoms with Gasteiger partial charge in [-0.3, -0.25) is 0 Å². The molecule has 118 valence electrons. The first-order chi connectivity index (χ1) is 10.2. The predicted octanol–water partition coefficient (Wildman–Crippen LogP) is 2.37. The molecule has 1 aromatic carbocycles. The number of hydrogen-bond acceptors (Lipinski definition) is 5. The first-order valence-corrected chi connectivity index (χ1v) is 7.49. The third-order valence-corrected chi connectivity index (χ3v) is 3.17. The first-order valence-electron chi connectivity index (χ1n) is 7.49. The van der Waals surface area contributed by atoms with Gasteiger partial charge in [-0.05, 0) is 44.5 Å². The summed E-state index contributed by atoms with van der Waals surface area (Å²) in [6, 6.07) is 4.00. The van der Waals surface area contributed by atoms with E-state index in [0.29, 0.717) is 25.1 Å². The van der Waals surface area contributed by atoms with Gasteiger partial charge in [0.05, 0.1) is 13.2 Å². The van der Waals surface area contributed by atoms with Crippen LogP contribution in [0.3, 0.4) is 0 Å². The summed E-state index contributed by atoms with van der Waals surface area (Å²) in [4.78, 5) is 0. The molecule has 5 heteroatoms. The Bertz CT molecular complexity index is 431. The van der Waals surface area contributed by atoms with Crippen molar-refractivity contribution in [1.82, 2.24) is 5.32 Å². The van der Waals surface area contributed by atoms with Gasteiger partial charge in [0.25, 0.3) is 0 Å². The summed E-state index contributed by atoms with van der Waals surface area (Å²) in [5, 5.41) is 3.40. The number of methoxy groups -OCH3 is 1. The van der Waals surface area contributed by atoms with E-state index in [2.05, 4.69) is 19.2 Å². The van der Waals surface area contributed by atoms with Crippen molar-refractivity contribution >= 4 is 0 Å². The zero-order chi connectivity index (χ0) is 15.1. The Hall–Kier alpha value is -1.46. The Morgan fingerprint density at radius 1 is 1.24 bits per heavy atom. The van der Waals surface area contributed by atoms with Gasteiger partial charge in [0.15, 0.2) is 11.5 Å². The van der Waals surface area contributed by atoms with Crippen LogP contribution in [0.15, 0.2) is 12.1 Å². The second-order valence-corrected chi connectivity index (χ2v) is 5.27. The zero-order valence-corrected chi connectivity index (χ0v) is 13.1. The molecular formula is C16H25NO4. The molecule has 21 heavy (non-hydrogen) atoms. The molecular weight excluding hydrogens is 270 g/mol. The van der Waals surface area contributed by atoms with E-state index in [1.807, 2.05) is 12.1 Å². The van der Waals surface area contributed by atoms with Crippen LogP contribution in [0.1, 0.15) is 25.8 Å². The predicted molar refractivity (Wildman–Crippen MR) is 81.4 cm³/mol. The normalized spacial score (nSPS) is 13.5. The lowest BCUT2D eigenvalue weighted by atomic mass is 10.1. The quantitative estimate of drug-likeness (QED) is 0.746. The van der Waals surface area contributed by atoms with Crippen LogP contribution >= 0.6 is 0 Å². The first kappa shape index (κ1) is 15.9. The van der Waals surface area contributed by atoms with Gasteiger partial charge in [0.2, 0.25) is 5.75 Å². The summed E-state index contributed by atoms with van der Waals surface area (Å²) >= 11 is 0. The highest BCUT2D eigenvalue weighted by molar-refractivity contribution is 5.54. The molecule has 0 fully saturated rings. The Morgan fingerprint density at radius 3 is 2.81 bits per heavy atom. The Kier molecular flexibility index (Phi) is 6.14. The van der Waals surface area contributed by atoms with Gasteiger partial charge in [0, 0.05) is 13.2 Å². The van der Waals surface area contributed by atoms with Crippen molar-refractivity contribution < 1.29 is 18.9 Å². The van der Waals surface area contributed by atoms with Gasteiger partial charge in [-0.1, -0.05) is 0 Å². The summed E-state index contributed by atoms with van der Waals surface area (Å²) in [7, 11) is 1.65. The van der Waals surface area contributed by atoms with E-state index in [9.17, 15) is 0 Å². The van der Waals surface area contributed by atoms with E-state index in [-0.39, 0.29) is 0 Å². The van der Waals surface area contributed by atoms with Crippen LogP contribution in [0.2, 0.25) is 0 Å². The number of benzene rings is 1. The fourth-order valence-electron chi connectivity index (χ4n) is 2.18. The lowest BCUT2D eigenvalue weighted by Crippen LogP contribution is -2.19. The molecule has 0 saturated carbocycles. The van der Waals surface area contributed by atoms with Gasteiger partial charge >= 0.3 is 0 Å². The van der Waals surface area contributed by atoms with E-state index in [4.69, 9.17) is 18.9 Å². The molecule has 1 aliphatic rings. The summed E-state index contributed by atoms with van der Waals surface area (Å²) < 4.78 is 22.1. The van der Waals surface area contributed by atoms with E-state index in [0.717, 1.165) is 43.2 Å². The standard InChI is InChI=1S/C16H25NO4/c1-12(2)19-6-4-5-17-11-13-9-14(18-3)16-15(10-13)20-7-8-21-16/h9-10,12,17H,4-8,11H2,1-3H3. The number of rotatable bonds is 8. The SMILES string of the molecule is COc1cc(CNCCCOC(C)C)cc2c1OCCO2. The topological polar surface area (TPSA) is 49.0 Å². The maximum atomic E-state index is 5.63. The van der Waals surface area contributed by atoms with Crippen molar-refractivity contribution in [3.8, 4) is 17.2 Å². The largest absolute Gasteiger partial charge is 0.493 e. The molecule has 5 nitrogen and oxygen atoms in total. The minimum absolute atomic E-state index is 0.298. The summed E-state index contributed by atoms with van der Waals surface area (Å²) in [5.74, 6) is 2.20. The van der Waals surface area contributed by atoms with Crippen LogP contribution in [0, 0.1) is 0 Å². The van der Waals surface area contributed by atoms with Crippen LogP contribution in [-0.2, 0) is 11.3 Å². The maximum absolute atomic E-state index is 5.63. The molecule has 0 saturated heterocycles. The fraction of sp³-hybridized carbons (Fsp3) is 0.625. The van der Waals surface area contributed by atoms with Crippen LogP contribution in [0.25, 0.3) is 0 Å². The molecule has 2 rings (SSSR count). The fourth-order valence-corrected chi connectivity index (χ4v) is 2.18. The highest BCUT2D eigenvalue weighted by Crippen LogP contribution is 2.40. The molecule has 1 aliphatic heterocycles. The van der Waals surface area contributed by atoms with Gasteiger partial charge in [-0.15, -0.1) is 0 Å². The number of fused-ring (bicyclic) bond motifs is 1. The van der Waals surface area contributed by atoms with E-state index >= 15 is 0 Å². The zero-order valence-electron chi connectivity index (χ0n) is 13.1. The van der Waals surface area contributed by atoms with E-state index in [1.165, 1.54) is 0 Å². The lowest BCUT2D eigenvalue weighted by Gasteiger charge is -2.21. The molecule has 0 aliphatic carbocycles. The van der Waals surface area contributed by atoms with Crippen LogP contribution < -0.4 is 19.5 Å². The third-order valence-electron chi connectivity index (χ3n) is 3.17. The Balaban J connectivity index is 1.83. The highest BCUT2D eigenvalue weighted by atomic mass is 16.6. The molecule has 1 N–H and O–H groups in total. The molecule has 0 aromatic heterocycles. The van der Waals surface area contributed by atoms with Gasteiger partial charge in [-0.25, -0.2) is 0 Å². The minimum atomic E-state index is 0.298. The highest BCUT2D eigenvalue weighted by Gasteiger charge is 2.18. The van der Waals surface area contributed by atoms with Crippen molar-refractivity contribution in [2.75, 3.05) is 33.5 Å². The average molecular weight is 295 g/mol. The molecule has 0 unspecified atom stereocenters. The van der Waals surface area contributed by atoms with Crippen molar-refractivity contribution in [3.05, 3.63) is 17.7 Å². The number of hydrogen-bond donors (Lipinski definition) is 1. The number of ether oxygens (including phenoxy) is 4. The molecule has 1 heterocycles. The van der Waals surface area contributed by atoms with E-state index in [1.54, 1.807) is 7.11 Å². The Labute approximate surface area is 126 Å². The molecule has 0 atom stereocenters. The summed E-state index contributed by atoms with van der Waals surface area (Å²) in [5.41, 5.74) is 1.13. The van der Waals surface area contributed by atoms with Crippen LogP contribution in [0.5, 0.6) is 17.2 Å². The van der Waals surface area contributed by atoms with Gasteiger partial charge < -0.3 is 24.3 Å². The van der Waals surface area contributed by atoms with Gasteiger partial charge in [-0.2, -0.15) is 0 Å². The lowest BCUT2D eigenvalue weighted by molar-refractivity contribution is 0.0770. The molecule has 0 radical (unpaired) electrons. The second kappa shape index (κ2) is 8.10. The van der Waals surface area contributed by atoms with Gasteiger partial charge in [0.1, 0.15) is 13.2 Å². The molecule has 0 bridgehead atoms. The summed E-state index contributed by atoms with van der Waals surface area (Å²) in [6.07, 6.45) is 1.30. The molecule has 0 amide bonds. The molecule has 1 aromatic rings. The van der Waals surface area contributed by atoms with Crippen molar-refractivity contribution in [2.45, 2.75) is 32.9 Å². The van der Waals surface area contributed by atoms with Crippen molar-refractivity contribution in [1.29, 1.82) is 0 Å². The molecule has 0 spiro atoms. The second-order valence-electron chi connectivity index (χ2n) is 5.27. The van der Waals surface area contributed by atoms with Crippen LogP contribution in [0.4, 0.5) is 0 Å². The maximum Gasteiger partial charge on any atom is 0.203 e. The smallest absolute Gasteiger partial charge is 0.203 e. The van der Waals surface area contributed by atoms with Crippen molar-refractivity contribution in [3.63, 3.8) is 0 Å². The van der Waals surface area contributed by atoms with E-state index < -0.39 is 0 Å². The summed E-state index contributed by atoms with van der Waals surface area (Å²) in [6.45, 7) is 7.73. The Morgan fingerprint density at radius 2 is 2.05 bits per heavy atom. The number of nitrogens with one attached hydrogen (secondary N) is 1. The monoisotopic (exact) mass is 295 g/mol. The van der Waals surface area contributed by atoms with Crippen molar-refractivity contribution in [2.24, 2.45) is 0 Å². The third kappa shape index (κ3) is 4.79. The average Bonchev–Trinajstić information content (AvgIpc) is 2.49. The minimum Gasteiger partial charge on any atom is -0.493 e. The van der Waals surface area contributed by atoms with Crippen LogP contribution in [-0.4, -0.2) is 39.6 Å².